The highest BCUT2D eigenvalue weighted by atomic mass is 16.5. The van der Waals surface area contributed by atoms with Crippen LogP contribution in [0, 0.1) is 0 Å². The molecule has 0 bridgehead atoms. The number of nitrogens with one attached hydrogen (secondary N) is 1. The van der Waals surface area contributed by atoms with Gasteiger partial charge < -0.3 is 14.8 Å². The first kappa shape index (κ1) is 12.1. The number of ether oxygens (including phenoxy) is 2. The van der Waals surface area contributed by atoms with Crippen LogP contribution in [0.2, 0.25) is 0 Å². The van der Waals surface area contributed by atoms with E-state index < -0.39 is 0 Å². The molecule has 1 aliphatic heterocycles. The van der Waals surface area contributed by atoms with E-state index in [1.54, 1.807) is 12.1 Å². The van der Waals surface area contributed by atoms with Gasteiger partial charge in [-0.1, -0.05) is 12.1 Å². The third-order valence-electron chi connectivity index (χ3n) is 2.65. The van der Waals surface area contributed by atoms with Gasteiger partial charge in [0.2, 0.25) is 0 Å². The van der Waals surface area contributed by atoms with Crippen molar-refractivity contribution in [1.29, 1.82) is 0 Å². The Labute approximate surface area is 101 Å². The van der Waals surface area contributed by atoms with Gasteiger partial charge in [0.1, 0.15) is 11.9 Å². The number of morpholine rings is 1. The zero-order valence-electron chi connectivity index (χ0n) is 9.94. The lowest BCUT2D eigenvalue weighted by Gasteiger charge is -2.22. The van der Waals surface area contributed by atoms with Crippen LogP contribution in [0.4, 0.5) is 0 Å². The first-order valence-electron chi connectivity index (χ1n) is 5.90. The van der Waals surface area contributed by atoms with E-state index in [-0.39, 0.29) is 11.9 Å². The Balaban J connectivity index is 2.09. The lowest BCUT2D eigenvalue weighted by molar-refractivity contribution is 0.0269. The molecule has 1 aromatic carbocycles. The first-order valence-corrected chi connectivity index (χ1v) is 5.90. The molecule has 1 atom stereocenters. The van der Waals surface area contributed by atoms with Crippen LogP contribution < -0.4 is 10.1 Å². The van der Waals surface area contributed by atoms with Crippen molar-refractivity contribution in [3.05, 3.63) is 29.8 Å². The predicted molar refractivity (Wildman–Crippen MR) is 64.6 cm³/mol. The Bertz CT molecular complexity index is 386. The number of ketones is 1. The van der Waals surface area contributed by atoms with Crippen molar-refractivity contribution in [2.75, 3.05) is 26.3 Å². The van der Waals surface area contributed by atoms with Crippen LogP contribution in [-0.2, 0) is 4.74 Å². The molecule has 1 fully saturated rings. The van der Waals surface area contributed by atoms with Gasteiger partial charge in [0.15, 0.2) is 5.78 Å². The molecular formula is C13H17NO3. The van der Waals surface area contributed by atoms with Crippen LogP contribution in [0.5, 0.6) is 5.75 Å². The highest BCUT2D eigenvalue weighted by molar-refractivity contribution is 6.00. The summed E-state index contributed by atoms with van der Waals surface area (Å²) >= 11 is 0. The van der Waals surface area contributed by atoms with E-state index in [9.17, 15) is 4.79 Å². The Hall–Kier alpha value is -1.39. The standard InChI is InChI=1S/C13H17NO3/c1-2-16-11-5-3-4-10(8-11)13(15)12-9-14-6-7-17-12/h3-5,8,12,14H,2,6-7,9H2,1H3. The van der Waals surface area contributed by atoms with Gasteiger partial charge >= 0.3 is 0 Å². The smallest absolute Gasteiger partial charge is 0.192 e. The number of carbonyl (C=O) groups excluding carboxylic acids is 1. The fourth-order valence-corrected chi connectivity index (χ4v) is 1.83. The van der Waals surface area contributed by atoms with Crippen molar-refractivity contribution < 1.29 is 14.3 Å². The predicted octanol–water partition coefficient (Wildman–Crippen LogP) is 1.26. The topological polar surface area (TPSA) is 47.6 Å². The normalized spacial score (nSPS) is 19.9. The summed E-state index contributed by atoms with van der Waals surface area (Å²) in [5.41, 5.74) is 0.643. The second kappa shape index (κ2) is 5.80. The average Bonchev–Trinajstić information content (AvgIpc) is 2.40. The summed E-state index contributed by atoms with van der Waals surface area (Å²) < 4.78 is 10.8. The number of rotatable bonds is 4. The van der Waals surface area contributed by atoms with Crippen LogP contribution >= 0.6 is 0 Å². The summed E-state index contributed by atoms with van der Waals surface area (Å²) in [6, 6.07) is 7.24. The Morgan fingerprint density at radius 2 is 2.47 bits per heavy atom. The van der Waals surface area contributed by atoms with Crippen LogP contribution in [0.3, 0.4) is 0 Å². The van der Waals surface area contributed by atoms with Gasteiger partial charge in [-0.15, -0.1) is 0 Å². The van der Waals surface area contributed by atoms with E-state index in [0.29, 0.717) is 25.3 Å². The number of hydrogen-bond acceptors (Lipinski definition) is 4. The summed E-state index contributed by atoms with van der Waals surface area (Å²) in [6.07, 6.45) is -0.374. The largest absolute Gasteiger partial charge is 0.494 e. The maximum Gasteiger partial charge on any atom is 0.192 e. The summed E-state index contributed by atoms with van der Waals surface area (Å²) in [6.45, 7) is 4.49. The van der Waals surface area contributed by atoms with E-state index in [1.165, 1.54) is 0 Å². The third-order valence-corrected chi connectivity index (χ3v) is 2.65. The van der Waals surface area contributed by atoms with Gasteiger partial charge in [-0.25, -0.2) is 0 Å². The number of hydrogen-bond donors (Lipinski definition) is 1. The Morgan fingerprint density at radius 1 is 1.59 bits per heavy atom. The minimum absolute atomic E-state index is 0.0127. The lowest BCUT2D eigenvalue weighted by Crippen LogP contribution is -2.43. The van der Waals surface area contributed by atoms with E-state index in [1.807, 2.05) is 19.1 Å². The second-order valence-electron chi connectivity index (χ2n) is 3.89. The molecule has 0 aliphatic carbocycles. The molecule has 1 saturated heterocycles. The molecule has 92 valence electrons. The molecule has 1 N–H and O–H groups in total. The molecule has 0 saturated carbocycles. The van der Waals surface area contributed by atoms with Crippen LogP contribution in [0.25, 0.3) is 0 Å². The highest BCUT2D eigenvalue weighted by Crippen LogP contribution is 2.16. The summed E-state index contributed by atoms with van der Waals surface area (Å²) in [4.78, 5) is 12.1. The zero-order valence-corrected chi connectivity index (χ0v) is 9.94. The van der Waals surface area contributed by atoms with E-state index >= 15 is 0 Å². The molecule has 17 heavy (non-hydrogen) atoms. The summed E-state index contributed by atoms with van der Waals surface area (Å²) in [7, 11) is 0. The van der Waals surface area contributed by atoms with Crippen LogP contribution in [-0.4, -0.2) is 38.2 Å². The molecule has 1 aliphatic rings. The van der Waals surface area contributed by atoms with E-state index in [2.05, 4.69) is 5.32 Å². The van der Waals surface area contributed by atoms with Crippen LogP contribution in [0.1, 0.15) is 17.3 Å². The lowest BCUT2D eigenvalue weighted by atomic mass is 10.1. The van der Waals surface area contributed by atoms with Crippen molar-refractivity contribution in [2.24, 2.45) is 0 Å². The van der Waals surface area contributed by atoms with Gasteiger partial charge in [-0.2, -0.15) is 0 Å². The fraction of sp³-hybridized carbons (Fsp3) is 0.462. The number of carbonyl (C=O) groups is 1. The van der Waals surface area contributed by atoms with Crippen molar-refractivity contribution in [2.45, 2.75) is 13.0 Å². The molecule has 1 heterocycles. The quantitative estimate of drug-likeness (QED) is 0.798. The highest BCUT2D eigenvalue weighted by Gasteiger charge is 2.23. The molecular weight excluding hydrogens is 218 g/mol. The van der Waals surface area contributed by atoms with Gasteiger partial charge in [-0.3, -0.25) is 4.79 Å². The van der Waals surface area contributed by atoms with Crippen molar-refractivity contribution in [3.8, 4) is 5.75 Å². The minimum atomic E-state index is -0.374. The molecule has 0 radical (unpaired) electrons. The van der Waals surface area contributed by atoms with Crippen LogP contribution in [0.15, 0.2) is 24.3 Å². The SMILES string of the molecule is CCOc1cccc(C(=O)C2CNCCO2)c1. The molecule has 0 spiro atoms. The zero-order chi connectivity index (χ0) is 12.1. The van der Waals surface area contributed by atoms with Gasteiger partial charge in [0.05, 0.1) is 13.2 Å². The molecule has 2 rings (SSSR count). The van der Waals surface area contributed by atoms with Crippen molar-refractivity contribution in [3.63, 3.8) is 0 Å². The minimum Gasteiger partial charge on any atom is -0.494 e. The maximum atomic E-state index is 12.1. The van der Waals surface area contributed by atoms with E-state index in [0.717, 1.165) is 12.3 Å². The molecule has 0 aromatic heterocycles. The van der Waals surface area contributed by atoms with Gasteiger partial charge in [0, 0.05) is 18.7 Å². The number of benzene rings is 1. The Kier molecular flexibility index (Phi) is 4.12. The van der Waals surface area contributed by atoms with Crippen molar-refractivity contribution in [1.82, 2.24) is 5.32 Å². The Morgan fingerprint density at radius 3 is 3.18 bits per heavy atom. The van der Waals surface area contributed by atoms with Crippen molar-refractivity contribution >= 4 is 5.78 Å². The molecule has 1 aromatic rings. The summed E-state index contributed by atoms with van der Waals surface area (Å²) in [5.74, 6) is 0.737. The average molecular weight is 235 g/mol. The first-order chi connectivity index (χ1) is 8.31. The number of Topliss-reactive ketones (excluding diaryl/α,β-unsaturated/α-hetero) is 1. The molecule has 4 heteroatoms. The maximum absolute atomic E-state index is 12.1. The van der Waals surface area contributed by atoms with E-state index in [4.69, 9.17) is 9.47 Å². The summed E-state index contributed by atoms with van der Waals surface area (Å²) in [5, 5.41) is 3.15. The third kappa shape index (κ3) is 3.05. The molecule has 4 nitrogen and oxygen atoms in total. The fourth-order valence-electron chi connectivity index (χ4n) is 1.83. The van der Waals surface area contributed by atoms with Gasteiger partial charge in [-0.05, 0) is 19.1 Å². The second-order valence-corrected chi connectivity index (χ2v) is 3.89. The van der Waals surface area contributed by atoms with Gasteiger partial charge in [0.25, 0.3) is 0 Å². The molecule has 1 unspecified atom stereocenters. The molecule has 0 amide bonds. The monoisotopic (exact) mass is 235 g/mol.